The third kappa shape index (κ3) is 5.90. The first-order valence-corrected chi connectivity index (χ1v) is 8.98. The van der Waals surface area contributed by atoms with Crippen LogP contribution in [-0.2, 0) is 17.5 Å². The van der Waals surface area contributed by atoms with Crippen molar-refractivity contribution in [3.05, 3.63) is 35.4 Å². The summed E-state index contributed by atoms with van der Waals surface area (Å²) in [6.45, 7) is 1.81. The van der Waals surface area contributed by atoms with E-state index in [1.165, 1.54) is 18.9 Å². The van der Waals surface area contributed by atoms with Crippen LogP contribution in [0.25, 0.3) is 0 Å². The zero-order valence-electron chi connectivity index (χ0n) is 15.5. The van der Waals surface area contributed by atoms with Gasteiger partial charge in [0.05, 0.1) is 5.56 Å². The van der Waals surface area contributed by atoms with E-state index in [2.05, 4.69) is 15.6 Å². The number of rotatable bonds is 7. The van der Waals surface area contributed by atoms with Gasteiger partial charge in [-0.1, -0.05) is 25.0 Å². The second-order valence-electron chi connectivity index (χ2n) is 6.93. The molecule has 0 aromatic heterocycles. The van der Waals surface area contributed by atoms with Crippen molar-refractivity contribution in [1.82, 2.24) is 10.6 Å². The van der Waals surface area contributed by atoms with Gasteiger partial charge in [0.2, 0.25) is 0 Å². The fourth-order valence-electron chi connectivity index (χ4n) is 3.49. The summed E-state index contributed by atoms with van der Waals surface area (Å²) in [4.78, 5) is 4.19. The maximum absolute atomic E-state index is 12.8. The van der Waals surface area contributed by atoms with Crippen LogP contribution >= 0.6 is 0 Å². The standard InChI is InChI=1S/C19H28F3N3O/c1-23-17(25-14-18(10-11-26-2)8-3-4-9-18)24-13-15-6-5-7-16(12-15)19(20,21)22/h5-7,12H,3-4,8-11,13-14H2,1-2H3,(H2,23,24,25). The summed E-state index contributed by atoms with van der Waals surface area (Å²) in [6.07, 6.45) is 1.44. The molecule has 1 aliphatic carbocycles. The number of nitrogens with zero attached hydrogens (tertiary/aromatic N) is 1. The number of benzene rings is 1. The molecular formula is C19H28F3N3O. The molecule has 4 nitrogen and oxygen atoms in total. The number of hydrogen-bond donors (Lipinski definition) is 2. The summed E-state index contributed by atoms with van der Waals surface area (Å²) >= 11 is 0. The van der Waals surface area contributed by atoms with Gasteiger partial charge in [-0.3, -0.25) is 4.99 Å². The van der Waals surface area contributed by atoms with Crippen LogP contribution in [0.4, 0.5) is 13.2 Å². The van der Waals surface area contributed by atoms with Crippen LogP contribution in [0.2, 0.25) is 0 Å². The lowest BCUT2D eigenvalue weighted by Gasteiger charge is -2.30. The maximum Gasteiger partial charge on any atom is 0.416 e. The Morgan fingerprint density at radius 3 is 2.58 bits per heavy atom. The molecule has 0 spiro atoms. The molecule has 2 N–H and O–H groups in total. The molecule has 146 valence electrons. The second-order valence-corrected chi connectivity index (χ2v) is 6.93. The smallest absolute Gasteiger partial charge is 0.385 e. The first-order chi connectivity index (χ1) is 12.4. The molecule has 0 aliphatic heterocycles. The summed E-state index contributed by atoms with van der Waals surface area (Å²) in [5.41, 5.74) is 0.145. The highest BCUT2D eigenvalue weighted by molar-refractivity contribution is 5.79. The minimum atomic E-state index is -4.33. The molecule has 1 fully saturated rings. The number of hydrogen-bond acceptors (Lipinski definition) is 2. The third-order valence-electron chi connectivity index (χ3n) is 5.07. The van der Waals surface area contributed by atoms with Crippen LogP contribution < -0.4 is 10.6 Å². The molecule has 1 saturated carbocycles. The van der Waals surface area contributed by atoms with E-state index >= 15 is 0 Å². The highest BCUT2D eigenvalue weighted by Gasteiger charge is 2.33. The first kappa shape index (κ1) is 20.6. The van der Waals surface area contributed by atoms with Gasteiger partial charge in [0.25, 0.3) is 0 Å². The molecule has 7 heteroatoms. The lowest BCUT2D eigenvalue weighted by atomic mass is 9.83. The van der Waals surface area contributed by atoms with Crippen molar-refractivity contribution in [2.24, 2.45) is 10.4 Å². The largest absolute Gasteiger partial charge is 0.416 e. The Morgan fingerprint density at radius 2 is 1.96 bits per heavy atom. The van der Waals surface area contributed by atoms with Crippen molar-refractivity contribution in [3.63, 3.8) is 0 Å². The highest BCUT2D eigenvalue weighted by atomic mass is 19.4. The normalized spacial score (nSPS) is 17.3. The van der Waals surface area contributed by atoms with Crippen molar-refractivity contribution < 1.29 is 17.9 Å². The Morgan fingerprint density at radius 1 is 1.23 bits per heavy atom. The molecule has 0 saturated heterocycles. The minimum absolute atomic E-state index is 0.212. The van der Waals surface area contributed by atoms with Crippen LogP contribution in [0.3, 0.4) is 0 Å². The van der Waals surface area contributed by atoms with Gasteiger partial charge in [-0.05, 0) is 42.4 Å². The quantitative estimate of drug-likeness (QED) is 0.563. The fourth-order valence-corrected chi connectivity index (χ4v) is 3.49. The molecule has 1 aliphatic rings. The number of ether oxygens (including phenoxy) is 1. The maximum atomic E-state index is 12.8. The molecule has 1 aromatic carbocycles. The number of nitrogens with one attached hydrogen (secondary N) is 2. The van der Waals surface area contributed by atoms with Crippen molar-refractivity contribution >= 4 is 5.96 Å². The topological polar surface area (TPSA) is 45.7 Å². The minimum Gasteiger partial charge on any atom is -0.385 e. The van der Waals surface area contributed by atoms with Crippen LogP contribution in [0.15, 0.2) is 29.3 Å². The van der Waals surface area contributed by atoms with E-state index in [4.69, 9.17) is 4.74 Å². The summed E-state index contributed by atoms with van der Waals surface area (Å²) < 4.78 is 43.7. The Balaban J connectivity index is 1.90. The zero-order valence-corrected chi connectivity index (χ0v) is 15.5. The third-order valence-corrected chi connectivity index (χ3v) is 5.07. The number of methoxy groups -OCH3 is 1. The predicted molar refractivity (Wildman–Crippen MR) is 97.0 cm³/mol. The van der Waals surface area contributed by atoms with E-state index in [-0.39, 0.29) is 12.0 Å². The molecule has 0 amide bonds. The van der Waals surface area contributed by atoms with E-state index < -0.39 is 11.7 Å². The van der Waals surface area contributed by atoms with Gasteiger partial charge in [-0.2, -0.15) is 13.2 Å². The number of alkyl halides is 3. The summed E-state index contributed by atoms with van der Waals surface area (Å²) in [5.74, 6) is 0.603. The van der Waals surface area contributed by atoms with Crippen LogP contribution in [0.5, 0.6) is 0 Å². The van der Waals surface area contributed by atoms with Crippen LogP contribution in [-0.4, -0.2) is 33.3 Å². The Hall–Kier alpha value is -1.76. The molecule has 0 radical (unpaired) electrons. The Kier molecular flexibility index (Phi) is 7.32. The van der Waals surface area contributed by atoms with Gasteiger partial charge >= 0.3 is 6.18 Å². The van der Waals surface area contributed by atoms with E-state index in [1.807, 2.05) is 0 Å². The van der Waals surface area contributed by atoms with E-state index in [0.29, 0.717) is 11.5 Å². The van der Waals surface area contributed by atoms with E-state index in [9.17, 15) is 13.2 Å². The van der Waals surface area contributed by atoms with Crippen molar-refractivity contribution in [1.29, 1.82) is 0 Å². The first-order valence-electron chi connectivity index (χ1n) is 8.98. The summed E-state index contributed by atoms with van der Waals surface area (Å²) in [6, 6.07) is 5.34. The number of halogens is 3. The van der Waals surface area contributed by atoms with E-state index in [0.717, 1.165) is 44.5 Å². The second kappa shape index (κ2) is 9.26. The molecule has 0 bridgehead atoms. The lowest BCUT2D eigenvalue weighted by Crippen LogP contribution is -2.43. The van der Waals surface area contributed by atoms with Crippen LogP contribution in [0.1, 0.15) is 43.2 Å². The van der Waals surface area contributed by atoms with Crippen molar-refractivity contribution in [2.45, 2.75) is 44.8 Å². The monoisotopic (exact) mass is 371 g/mol. The molecular weight excluding hydrogens is 343 g/mol. The average Bonchev–Trinajstić information content (AvgIpc) is 3.09. The van der Waals surface area contributed by atoms with E-state index in [1.54, 1.807) is 20.2 Å². The number of guanidine groups is 1. The Bertz CT molecular complexity index is 596. The molecule has 0 unspecified atom stereocenters. The molecule has 0 heterocycles. The van der Waals surface area contributed by atoms with Crippen molar-refractivity contribution in [2.75, 3.05) is 27.3 Å². The van der Waals surface area contributed by atoms with Gasteiger partial charge in [0.15, 0.2) is 5.96 Å². The number of aliphatic imine (C=N–C) groups is 1. The van der Waals surface area contributed by atoms with Crippen LogP contribution in [0, 0.1) is 5.41 Å². The van der Waals surface area contributed by atoms with Gasteiger partial charge < -0.3 is 15.4 Å². The van der Waals surface area contributed by atoms with Gasteiger partial charge in [0.1, 0.15) is 0 Å². The average molecular weight is 371 g/mol. The summed E-state index contributed by atoms with van der Waals surface area (Å²) in [5, 5.41) is 6.44. The SMILES string of the molecule is CN=C(NCc1cccc(C(F)(F)F)c1)NCC1(CCOC)CCCC1. The molecule has 26 heavy (non-hydrogen) atoms. The fraction of sp³-hybridized carbons (Fsp3) is 0.632. The van der Waals surface area contributed by atoms with Crippen molar-refractivity contribution in [3.8, 4) is 0 Å². The zero-order chi connectivity index (χ0) is 19.0. The van der Waals surface area contributed by atoms with Gasteiger partial charge in [-0.25, -0.2) is 0 Å². The molecule has 0 atom stereocenters. The molecule has 2 rings (SSSR count). The summed E-state index contributed by atoms with van der Waals surface area (Å²) in [7, 11) is 3.38. The Labute approximate surface area is 153 Å². The molecule has 1 aromatic rings. The lowest BCUT2D eigenvalue weighted by molar-refractivity contribution is -0.137. The highest BCUT2D eigenvalue weighted by Crippen LogP contribution is 2.40. The van der Waals surface area contributed by atoms with Gasteiger partial charge in [0, 0.05) is 33.9 Å². The van der Waals surface area contributed by atoms with Gasteiger partial charge in [-0.15, -0.1) is 0 Å². The predicted octanol–water partition coefficient (Wildman–Crippen LogP) is 3.97.